The Kier molecular flexibility index (Phi) is 5.56. The molecule has 0 saturated carbocycles. The van der Waals surface area contributed by atoms with Crippen molar-refractivity contribution in [3.05, 3.63) is 33.3 Å². The van der Waals surface area contributed by atoms with Crippen LogP contribution in [0.1, 0.15) is 24.2 Å². The third kappa shape index (κ3) is 3.93. The second-order valence-corrected chi connectivity index (χ2v) is 5.93. The van der Waals surface area contributed by atoms with Crippen LogP contribution in [0.25, 0.3) is 0 Å². The van der Waals surface area contributed by atoms with Gasteiger partial charge in [0.1, 0.15) is 0 Å². The van der Waals surface area contributed by atoms with Gasteiger partial charge < -0.3 is 10.6 Å². The van der Waals surface area contributed by atoms with E-state index in [0.717, 1.165) is 0 Å². The number of hydrogen-bond acceptors (Lipinski definition) is 2. The summed E-state index contributed by atoms with van der Waals surface area (Å²) in [4.78, 5) is 14.3. The van der Waals surface area contributed by atoms with Crippen LogP contribution in [0.15, 0.2) is 22.7 Å². The molecular weight excluding hydrogens is 336 g/mol. The lowest BCUT2D eigenvalue weighted by Crippen LogP contribution is -2.42. The van der Waals surface area contributed by atoms with Gasteiger partial charge in [-0.15, -0.1) is 0 Å². The first kappa shape index (κ1) is 15.4. The number of nitrogens with zero attached hydrogens (tertiary/aromatic N) is 1. The second kappa shape index (κ2) is 6.50. The lowest BCUT2D eigenvalue weighted by molar-refractivity contribution is 0.0735. The minimum atomic E-state index is -0.146. The quantitative estimate of drug-likeness (QED) is 0.849. The maximum absolute atomic E-state index is 12.4. The van der Waals surface area contributed by atoms with Crippen LogP contribution in [-0.4, -0.2) is 28.4 Å². The molecule has 0 fully saturated rings. The molecule has 0 heterocycles. The van der Waals surface area contributed by atoms with Crippen LogP contribution in [0.5, 0.6) is 0 Å². The zero-order valence-corrected chi connectivity index (χ0v) is 13.3. The number of hydrogen-bond donors (Lipinski definition) is 1. The summed E-state index contributed by atoms with van der Waals surface area (Å²) in [5, 5.41) is 0.514. The average Bonchev–Trinajstić information content (AvgIpc) is 2.27. The number of carbonyl (C=O) groups excluding carboxylic acids is 1. The fraction of sp³-hybridized carbons (Fsp3) is 0.333. The minimum Gasteiger partial charge on any atom is -0.392 e. The fourth-order valence-corrected chi connectivity index (χ4v) is 2.20. The minimum absolute atomic E-state index is 0.00452. The molecule has 0 aromatic heterocycles. The average molecular weight is 350 g/mol. The van der Waals surface area contributed by atoms with Gasteiger partial charge in [-0.25, -0.2) is 0 Å². The molecule has 0 bridgehead atoms. The molecule has 3 nitrogen and oxygen atoms in total. The Hall–Kier alpha value is -0.650. The van der Waals surface area contributed by atoms with Crippen molar-refractivity contribution in [1.82, 2.24) is 4.90 Å². The van der Waals surface area contributed by atoms with Crippen molar-refractivity contribution in [3.8, 4) is 0 Å². The van der Waals surface area contributed by atoms with E-state index in [2.05, 4.69) is 15.9 Å². The van der Waals surface area contributed by atoms with Crippen LogP contribution in [-0.2, 0) is 0 Å². The van der Waals surface area contributed by atoms with E-state index in [4.69, 9.17) is 29.6 Å². The summed E-state index contributed by atoms with van der Waals surface area (Å²) in [7, 11) is 0. The number of halogens is 2. The van der Waals surface area contributed by atoms with Gasteiger partial charge >= 0.3 is 0 Å². The van der Waals surface area contributed by atoms with Gasteiger partial charge in [-0.3, -0.25) is 4.79 Å². The molecule has 6 heteroatoms. The molecular formula is C12H14BrClN2OS. The zero-order chi connectivity index (χ0) is 13.9. The molecule has 1 rings (SSSR count). The number of benzene rings is 1. The molecule has 1 aromatic rings. The van der Waals surface area contributed by atoms with Crippen molar-refractivity contribution in [3.63, 3.8) is 0 Å². The van der Waals surface area contributed by atoms with Gasteiger partial charge in [0.05, 0.1) is 17.1 Å². The highest BCUT2D eigenvalue weighted by molar-refractivity contribution is 9.10. The van der Waals surface area contributed by atoms with E-state index in [1.807, 2.05) is 13.8 Å². The lowest BCUT2D eigenvalue weighted by atomic mass is 10.1. The van der Waals surface area contributed by atoms with Crippen LogP contribution in [0.3, 0.4) is 0 Å². The summed E-state index contributed by atoms with van der Waals surface area (Å²) in [6.45, 7) is 4.08. The van der Waals surface area contributed by atoms with Crippen LogP contribution >= 0.6 is 39.7 Å². The van der Waals surface area contributed by atoms with Crippen molar-refractivity contribution in [2.24, 2.45) is 5.73 Å². The van der Waals surface area contributed by atoms with E-state index in [1.165, 1.54) is 0 Å². The summed E-state index contributed by atoms with van der Waals surface area (Å²) >= 11 is 14.1. The third-order valence-corrected chi connectivity index (χ3v) is 3.42. The van der Waals surface area contributed by atoms with Gasteiger partial charge in [0.15, 0.2) is 0 Å². The number of nitrogens with two attached hydrogens (primary N) is 1. The molecule has 18 heavy (non-hydrogen) atoms. The van der Waals surface area contributed by atoms with Gasteiger partial charge in [0.2, 0.25) is 0 Å². The molecule has 0 aliphatic carbocycles. The summed E-state index contributed by atoms with van der Waals surface area (Å²) < 4.78 is 0.700. The normalized spacial score (nSPS) is 10.5. The Bertz CT molecular complexity index is 479. The highest BCUT2D eigenvalue weighted by Crippen LogP contribution is 2.23. The molecule has 2 N–H and O–H groups in total. The van der Waals surface area contributed by atoms with E-state index in [9.17, 15) is 4.79 Å². The summed E-state index contributed by atoms with van der Waals surface area (Å²) in [5.74, 6) is -0.146. The van der Waals surface area contributed by atoms with Crippen molar-refractivity contribution in [1.29, 1.82) is 0 Å². The molecule has 0 spiro atoms. The Morgan fingerprint density at radius 1 is 1.56 bits per heavy atom. The van der Waals surface area contributed by atoms with Gasteiger partial charge in [0.25, 0.3) is 5.91 Å². The molecule has 1 aromatic carbocycles. The molecule has 98 valence electrons. The van der Waals surface area contributed by atoms with E-state index >= 15 is 0 Å². The van der Waals surface area contributed by atoms with Gasteiger partial charge in [-0.05, 0) is 48.0 Å². The number of rotatable bonds is 4. The first-order chi connectivity index (χ1) is 8.32. The van der Waals surface area contributed by atoms with Crippen LogP contribution in [0.2, 0.25) is 5.02 Å². The lowest BCUT2D eigenvalue weighted by Gasteiger charge is -2.26. The van der Waals surface area contributed by atoms with Crippen molar-refractivity contribution in [2.75, 3.05) is 6.54 Å². The molecule has 1 amide bonds. The number of carbonyl (C=O) groups is 1. The van der Waals surface area contributed by atoms with Crippen molar-refractivity contribution in [2.45, 2.75) is 19.9 Å². The highest BCUT2D eigenvalue weighted by atomic mass is 79.9. The largest absolute Gasteiger partial charge is 0.392 e. The standard InChI is InChI=1S/C12H14BrClN2OS/c1-7(2)16(6-11(15)18)12(17)9-5-8(14)3-4-10(9)13/h3-5,7H,6H2,1-2H3,(H2,15,18). The van der Waals surface area contributed by atoms with Crippen molar-refractivity contribution < 1.29 is 4.79 Å². The van der Waals surface area contributed by atoms with E-state index in [1.54, 1.807) is 23.1 Å². The zero-order valence-electron chi connectivity index (χ0n) is 10.1. The Labute approximate surface area is 125 Å². The second-order valence-electron chi connectivity index (χ2n) is 4.12. The predicted octanol–water partition coefficient (Wildman–Crippen LogP) is 3.24. The van der Waals surface area contributed by atoms with Crippen LogP contribution in [0, 0.1) is 0 Å². The summed E-state index contributed by atoms with van der Waals surface area (Å²) in [5.41, 5.74) is 6.02. The van der Waals surface area contributed by atoms with Gasteiger partial charge in [0, 0.05) is 15.5 Å². The molecule has 0 aliphatic heterocycles. The predicted molar refractivity (Wildman–Crippen MR) is 82.1 cm³/mol. The van der Waals surface area contributed by atoms with Crippen molar-refractivity contribution >= 4 is 50.6 Å². The highest BCUT2D eigenvalue weighted by Gasteiger charge is 2.21. The number of amides is 1. The van der Waals surface area contributed by atoms with Gasteiger partial charge in [-0.1, -0.05) is 23.8 Å². The first-order valence-corrected chi connectivity index (χ1v) is 6.95. The maximum atomic E-state index is 12.4. The third-order valence-electron chi connectivity index (χ3n) is 2.37. The summed E-state index contributed by atoms with van der Waals surface area (Å²) in [6.07, 6.45) is 0. The SMILES string of the molecule is CC(C)N(CC(N)=S)C(=O)c1cc(Cl)ccc1Br. The van der Waals surface area contributed by atoms with E-state index in [-0.39, 0.29) is 23.5 Å². The molecule has 0 unspecified atom stereocenters. The Morgan fingerprint density at radius 2 is 2.17 bits per heavy atom. The van der Waals surface area contributed by atoms with E-state index in [0.29, 0.717) is 15.1 Å². The van der Waals surface area contributed by atoms with Gasteiger partial charge in [-0.2, -0.15) is 0 Å². The monoisotopic (exact) mass is 348 g/mol. The molecule has 0 radical (unpaired) electrons. The van der Waals surface area contributed by atoms with E-state index < -0.39 is 0 Å². The maximum Gasteiger partial charge on any atom is 0.255 e. The molecule has 0 aliphatic rings. The van der Waals surface area contributed by atoms with Crippen LogP contribution < -0.4 is 5.73 Å². The van der Waals surface area contributed by atoms with Crippen LogP contribution in [0.4, 0.5) is 0 Å². The Balaban J connectivity index is 3.09. The number of thiocarbonyl (C=S) groups is 1. The Morgan fingerprint density at radius 3 is 2.67 bits per heavy atom. The fourth-order valence-electron chi connectivity index (χ4n) is 1.47. The molecule has 0 atom stereocenters. The smallest absolute Gasteiger partial charge is 0.255 e. The topological polar surface area (TPSA) is 46.3 Å². The summed E-state index contributed by atoms with van der Waals surface area (Å²) in [6, 6.07) is 5.10. The molecule has 0 saturated heterocycles. The first-order valence-electron chi connectivity index (χ1n) is 5.37.